The van der Waals surface area contributed by atoms with Crippen LogP contribution in [0.1, 0.15) is 11.4 Å². The van der Waals surface area contributed by atoms with Crippen molar-refractivity contribution in [2.75, 3.05) is 5.73 Å². The summed E-state index contributed by atoms with van der Waals surface area (Å²) in [6.45, 7) is 1.98. The standard InChI is InChI=1S/C20H17N5O2S/c1-12-5-4-6-13(9-12)25-16(21)10-18(26)24-20(25)28-11-17-22-15-8-3-2-7-14(15)19(27)23-17/h2-10H,11,21H2,1H3,(H,22,23,27). The van der Waals surface area contributed by atoms with Gasteiger partial charge in [-0.1, -0.05) is 36.0 Å². The molecule has 2 aromatic heterocycles. The predicted molar refractivity (Wildman–Crippen MR) is 111 cm³/mol. The summed E-state index contributed by atoms with van der Waals surface area (Å²) in [5.74, 6) is 1.14. The van der Waals surface area contributed by atoms with E-state index >= 15 is 0 Å². The Morgan fingerprint density at radius 3 is 2.71 bits per heavy atom. The Morgan fingerprint density at radius 2 is 1.89 bits per heavy atom. The van der Waals surface area contributed by atoms with Gasteiger partial charge in [0.05, 0.1) is 16.7 Å². The number of nitrogens with one attached hydrogen (secondary N) is 1. The minimum absolute atomic E-state index is 0.196. The first-order valence-electron chi connectivity index (χ1n) is 8.58. The number of nitrogens with zero attached hydrogens (tertiary/aromatic N) is 3. The number of hydrogen-bond donors (Lipinski definition) is 2. The van der Waals surface area contributed by atoms with Crippen molar-refractivity contribution in [3.63, 3.8) is 0 Å². The lowest BCUT2D eigenvalue weighted by atomic mass is 10.2. The van der Waals surface area contributed by atoms with E-state index in [0.29, 0.717) is 33.5 Å². The van der Waals surface area contributed by atoms with E-state index in [1.807, 2.05) is 37.3 Å². The van der Waals surface area contributed by atoms with Crippen LogP contribution in [0.4, 0.5) is 5.82 Å². The molecule has 0 radical (unpaired) electrons. The Morgan fingerprint density at radius 1 is 1.07 bits per heavy atom. The molecule has 4 rings (SSSR count). The number of hydrogen-bond acceptors (Lipinski definition) is 6. The van der Waals surface area contributed by atoms with Crippen LogP contribution in [0.2, 0.25) is 0 Å². The number of rotatable bonds is 4. The SMILES string of the molecule is Cc1cccc(-n2c(N)cc(=O)nc2SCc2nc3ccccc3c(=O)[nH]2)c1. The van der Waals surface area contributed by atoms with E-state index in [1.165, 1.54) is 17.8 Å². The molecule has 0 aliphatic rings. The second kappa shape index (κ2) is 7.32. The molecule has 0 unspecified atom stereocenters. The van der Waals surface area contributed by atoms with Crippen LogP contribution < -0.4 is 16.9 Å². The molecule has 0 amide bonds. The van der Waals surface area contributed by atoms with Gasteiger partial charge in [-0.25, -0.2) is 4.98 Å². The maximum Gasteiger partial charge on any atom is 0.275 e. The van der Waals surface area contributed by atoms with Gasteiger partial charge in [0.15, 0.2) is 5.16 Å². The van der Waals surface area contributed by atoms with E-state index < -0.39 is 5.56 Å². The average molecular weight is 391 g/mol. The van der Waals surface area contributed by atoms with Crippen LogP contribution in [0, 0.1) is 6.92 Å². The summed E-state index contributed by atoms with van der Waals surface area (Å²) in [7, 11) is 0. The third kappa shape index (κ3) is 3.54. The van der Waals surface area contributed by atoms with Crippen LogP contribution in [0.3, 0.4) is 0 Å². The quantitative estimate of drug-likeness (QED) is 0.409. The molecule has 0 saturated heterocycles. The minimum Gasteiger partial charge on any atom is -0.385 e. The first-order valence-corrected chi connectivity index (χ1v) is 9.57. The largest absolute Gasteiger partial charge is 0.385 e. The minimum atomic E-state index is -0.413. The lowest BCUT2D eigenvalue weighted by Crippen LogP contribution is -2.17. The van der Waals surface area contributed by atoms with Gasteiger partial charge in [0.2, 0.25) is 0 Å². The highest BCUT2D eigenvalue weighted by molar-refractivity contribution is 7.98. The fraction of sp³-hybridized carbons (Fsp3) is 0.100. The number of aromatic nitrogens is 4. The predicted octanol–water partition coefficient (Wildman–Crippen LogP) is 2.65. The fourth-order valence-electron chi connectivity index (χ4n) is 2.94. The monoisotopic (exact) mass is 391 g/mol. The van der Waals surface area contributed by atoms with Gasteiger partial charge in [0, 0.05) is 11.8 Å². The topological polar surface area (TPSA) is 107 Å². The van der Waals surface area contributed by atoms with Crippen molar-refractivity contribution in [2.24, 2.45) is 0 Å². The maximum absolute atomic E-state index is 12.2. The number of thioether (sulfide) groups is 1. The number of para-hydroxylation sites is 1. The molecule has 2 heterocycles. The summed E-state index contributed by atoms with van der Waals surface area (Å²) in [5.41, 5.74) is 8.00. The van der Waals surface area contributed by atoms with Crippen molar-refractivity contribution in [3.8, 4) is 5.69 Å². The highest BCUT2D eigenvalue weighted by Crippen LogP contribution is 2.25. The number of aromatic amines is 1. The van der Waals surface area contributed by atoms with Crippen molar-refractivity contribution in [1.82, 2.24) is 19.5 Å². The Bertz CT molecular complexity index is 1300. The van der Waals surface area contributed by atoms with Gasteiger partial charge in [-0.2, -0.15) is 4.98 Å². The van der Waals surface area contributed by atoms with Gasteiger partial charge >= 0.3 is 0 Å². The molecule has 140 valence electrons. The number of anilines is 1. The molecule has 0 fully saturated rings. The van der Waals surface area contributed by atoms with Gasteiger partial charge in [-0.3, -0.25) is 14.2 Å². The third-order valence-electron chi connectivity index (χ3n) is 4.19. The van der Waals surface area contributed by atoms with Crippen molar-refractivity contribution in [2.45, 2.75) is 17.8 Å². The van der Waals surface area contributed by atoms with Crippen molar-refractivity contribution in [1.29, 1.82) is 0 Å². The first-order chi connectivity index (χ1) is 13.5. The van der Waals surface area contributed by atoms with E-state index in [9.17, 15) is 9.59 Å². The summed E-state index contributed by atoms with van der Waals surface area (Å²) in [6.07, 6.45) is 0. The van der Waals surface area contributed by atoms with Crippen LogP contribution in [-0.2, 0) is 5.75 Å². The molecular weight excluding hydrogens is 374 g/mol. The number of benzene rings is 2. The summed E-state index contributed by atoms with van der Waals surface area (Å²) in [5, 5.41) is 0.974. The normalized spacial score (nSPS) is 11.0. The molecule has 0 aliphatic carbocycles. The number of nitrogen functional groups attached to an aromatic ring is 1. The summed E-state index contributed by atoms with van der Waals surface area (Å²) in [6, 6.07) is 16.2. The Balaban J connectivity index is 1.73. The summed E-state index contributed by atoms with van der Waals surface area (Å²) in [4.78, 5) is 35.5. The zero-order valence-electron chi connectivity index (χ0n) is 15.0. The van der Waals surface area contributed by atoms with E-state index in [-0.39, 0.29) is 5.56 Å². The molecule has 28 heavy (non-hydrogen) atoms. The zero-order chi connectivity index (χ0) is 19.7. The Labute approximate surface area is 164 Å². The number of aryl methyl sites for hydroxylation is 1. The Kier molecular flexibility index (Phi) is 4.70. The maximum atomic E-state index is 12.2. The second-order valence-corrected chi connectivity index (χ2v) is 7.24. The van der Waals surface area contributed by atoms with Gasteiger partial charge in [-0.05, 0) is 36.8 Å². The molecule has 2 aromatic carbocycles. The highest BCUT2D eigenvalue weighted by Gasteiger charge is 2.12. The Hall–Kier alpha value is -3.39. The van der Waals surface area contributed by atoms with Crippen LogP contribution in [-0.4, -0.2) is 19.5 Å². The molecule has 0 spiro atoms. The van der Waals surface area contributed by atoms with Crippen molar-refractivity contribution in [3.05, 3.63) is 86.7 Å². The smallest absolute Gasteiger partial charge is 0.275 e. The van der Waals surface area contributed by atoms with Gasteiger partial charge in [0.1, 0.15) is 11.6 Å². The van der Waals surface area contributed by atoms with Gasteiger partial charge in [-0.15, -0.1) is 0 Å². The third-order valence-corrected chi connectivity index (χ3v) is 5.14. The average Bonchev–Trinajstić information content (AvgIpc) is 2.66. The molecule has 8 heteroatoms. The zero-order valence-corrected chi connectivity index (χ0v) is 15.9. The highest BCUT2D eigenvalue weighted by atomic mass is 32.2. The van der Waals surface area contributed by atoms with Crippen LogP contribution >= 0.6 is 11.8 Å². The van der Waals surface area contributed by atoms with Crippen LogP contribution in [0.25, 0.3) is 16.6 Å². The molecule has 7 nitrogen and oxygen atoms in total. The van der Waals surface area contributed by atoms with Crippen LogP contribution in [0.15, 0.2) is 69.3 Å². The van der Waals surface area contributed by atoms with E-state index in [2.05, 4.69) is 15.0 Å². The molecule has 3 N–H and O–H groups in total. The summed E-state index contributed by atoms with van der Waals surface area (Å²) < 4.78 is 1.72. The number of H-pyrrole nitrogens is 1. The molecule has 0 atom stereocenters. The lowest BCUT2D eigenvalue weighted by Gasteiger charge is -2.15. The molecule has 0 aliphatic heterocycles. The van der Waals surface area contributed by atoms with Gasteiger partial charge < -0.3 is 10.7 Å². The van der Waals surface area contributed by atoms with E-state index in [0.717, 1.165) is 11.3 Å². The van der Waals surface area contributed by atoms with Crippen LogP contribution in [0.5, 0.6) is 0 Å². The first kappa shape index (κ1) is 18.0. The van der Waals surface area contributed by atoms with Gasteiger partial charge in [0.25, 0.3) is 11.1 Å². The molecule has 4 aromatic rings. The molecule has 0 saturated carbocycles. The number of fused-ring (bicyclic) bond motifs is 1. The summed E-state index contributed by atoms with van der Waals surface area (Å²) >= 11 is 1.29. The number of nitrogens with two attached hydrogens (primary N) is 1. The lowest BCUT2D eigenvalue weighted by molar-refractivity contribution is 0.820. The van der Waals surface area contributed by atoms with Crippen molar-refractivity contribution < 1.29 is 0 Å². The fourth-order valence-corrected chi connectivity index (χ4v) is 3.83. The van der Waals surface area contributed by atoms with E-state index in [1.54, 1.807) is 22.8 Å². The molecule has 0 bridgehead atoms. The molecular formula is C20H17N5O2S. The second-order valence-electron chi connectivity index (χ2n) is 6.29. The van der Waals surface area contributed by atoms with E-state index in [4.69, 9.17) is 5.73 Å². The van der Waals surface area contributed by atoms with Crippen molar-refractivity contribution >= 4 is 28.5 Å².